The Morgan fingerprint density at radius 1 is 1.23 bits per heavy atom. The van der Waals surface area contributed by atoms with E-state index in [0.717, 1.165) is 34.8 Å². The predicted octanol–water partition coefficient (Wildman–Crippen LogP) is 4.92. The van der Waals surface area contributed by atoms with E-state index in [1.54, 1.807) is 12.3 Å². The minimum atomic E-state index is 0.000348. The van der Waals surface area contributed by atoms with E-state index in [1.807, 2.05) is 31.2 Å². The van der Waals surface area contributed by atoms with Crippen LogP contribution in [0, 0.1) is 6.92 Å². The Morgan fingerprint density at radius 3 is 2.64 bits per heavy atom. The summed E-state index contributed by atoms with van der Waals surface area (Å²) in [5.41, 5.74) is 2.78. The molecule has 2 aromatic rings. The minimum absolute atomic E-state index is 0.000348. The highest BCUT2D eigenvalue weighted by Gasteiger charge is 2.03. The van der Waals surface area contributed by atoms with Crippen molar-refractivity contribution in [1.29, 1.82) is 0 Å². The van der Waals surface area contributed by atoms with E-state index >= 15 is 0 Å². The predicted molar refractivity (Wildman–Crippen MR) is 91.9 cm³/mol. The number of hydrogen-bond donors (Lipinski definition) is 2. The zero-order valence-corrected chi connectivity index (χ0v) is 13.6. The van der Waals surface area contributed by atoms with Crippen molar-refractivity contribution in [2.45, 2.75) is 33.1 Å². The lowest BCUT2D eigenvalue weighted by molar-refractivity contribution is -0.116. The van der Waals surface area contributed by atoms with Crippen molar-refractivity contribution in [3.8, 4) is 0 Å². The number of benzene rings is 1. The van der Waals surface area contributed by atoms with E-state index in [0.29, 0.717) is 12.2 Å². The average Bonchev–Trinajstić information content (AvgIpc) is 2.51. The van der Waals surface area contributed by atoms with Gasteiger partial charge >= 0.3 is 0 Å². The van der Waals surface area contributed by atoms with E-state index in [-0.39, 0.29) is 5.91 Å². The number of pyridine rings is 1. The molecule has 0 spiro atoms. The van der Waals surface area contributed by atoms with Crippen LogP contribution in [0.1, 0.15) is 31.7 Å². The second-order valence-corrected chi connectivity index (χ2v) is 5.58. The molecule has 0 saturated carbocycles. The SMILES string of the molecule is CCCCC(=O)Nc1ccc(Nc2ccc(C)c(Cl)c2)cn1. The van der Waals surface area contributed by atoms with E-state index in [2.05, 4.69) is 22.5 Å². The molecule has 0 aliphatic rings. The largest absolute Gasteiger partial charge is 0.354 e. The number of nitrogens with zero attached hydrogens (tertiary/aromatic N) is 1. The molecule has 0 aliphatic heterocycles. The molecule has 116 valence electrons. The van der Waals surface area contributed by atoms with Gasteiger partial charge in [0.05, 0.1) is 11.9 Å². The van der Waals surface area contributed by atoms with Crippen LogP contribution >= 0.6 is 11.6 Å². The molecular formula is C17H20ClN3O. The van der Waals surface area contributed by atoms with Crippen LogP contribution in [0.2, 0.25) is 5.02 Å². The zero-order chi connectivity index (χ0) is 15.9. The highest BCUT2D eigenvalue weighted by Crippen LogP contribution is 2.23. The van der Waals surface area contributed by atoms with E-state index in [9.17, 15) is 4.79 Å². The lowest BCUT2D eigenvalue weighted by atomic mass is 10.2. The molecule has 1 aromatic carbocycles. The second-order valence-electron chi connectivity index (χ2n) is 5.17. The van der Waals surface area contributed by atoms with Crippen LogP contribution in [0.25, 0.3) is 0 Å². The average molecular weight is 318 g/mol. The van der Waals surface area contributed by atoms with Crippen molar-refractivity contribution in [2.75, 3.05) is 10.6 Å². The molecule has 0 saturated heterocycles. The smallest absolute Gasteiger partial charge is 0.225 e. The van der Waals surface area contributed by atoms with Crippen molar-refractivity contribution < 1.29 is 4.79 Å². The first-order chi connectivity index (χ1) is 10.6. The van der Waals surface area contributed by atoms with Crippen LogP contribution < -0.4 is 10.6 Å². The van der Waals surface area contributed by atoms with Crippen LogP contribution in [0.5, 0.6) is 0 Å². The molecule has 0 fully saturated rings. The lowest BCUT2D eigenvalue weighted by Crippen LogP contribution is -2.12. The molecule has 1 heterocycles. The number of amides is 1. The Morgan fingerprint density at radius 2 is 2.00 bits per heavy atom. The Kier molecular flexibility index (Phi) is 5.78. The Hall–Kier alpha value is -2.07. The first-order valence-corrected chi connectivity index (χ1v) is 7.75. The maximum absolute atomic E-state index is 11.6. The summed E-state index contributed by atoms with van der Waals surface area (Å²) in [5.74, 6) is 0.564. The molecule has 1 aromatic heterocycles. The van der Waals surface area contributed by atoms with Gasteiger partial charge in [-0.2, -0.15) is 0 Å². The summed E-state index contributed by atoms with van der Waals surface area (Å²) in [6.45, 7) is 4.02. The molecule has 1 amide bonds. The van der Waals surface area contributed by atoms with E-state index < -0.39 is 0 Å². The summed E-state index contributed by atoms with van der Waals surface area (Å²) >= 11 is 6.10. The highest BCUT2D eigenvalue weighted by atomic mass is 35.5. The van der Waals surface area contributed by atoms with Gasteiger partial charge < -0.3 is 10.6 Å². The fourth-order valence-corrected chi connectivity index (χ4v) is 2.10. The summed E-state index contributed by atoms with van der Waals surface area (Å²) in [6, 6.07) is 9.44. The number of aromatic nitrogens is 1. The second kappa shape index (κ2) is 7.80. The topological polar surface area (TPSA) is 54.0 Å². The van der Waals surface area contributed by atoms with Gasteiger partial charge in [0.1, 0.15) is 5.82 Å². The summed E-state index contributed by atoms with van der Waals surface area (Å²) in [6.07, 6.45) is 4.10. The molecular weight excluding hydrogens is 298 g/mol. The van der Waals surface area contributed by atoms with Gasteiger partial charge in [0.25, 0.3) is 0 Å². The maximum atomic E-state index is 11.6. The molecule has 0 aliphatic carbocycles. The molecule has 4 nitrogen and oxygen atoms in total. The lowest BCUT2D eigenvalue weighted by Gasteiger charge is -2.09. The summed E-state index contributed by atoms with van der Waals surface area (Å²) in [7, 11) is 0. The van der Waals surface area contributed by atoms with Crippen molar-refractivity contribution in [3.63, 3.8) is 0 Å². The first kappa shape index (κ1) is 16.3. The van der Waals surface area contributed by atoms with Gasteiger partial charge in [-0.15, -0.1) is 0 Å². The van der Waals surface area contributed by atoms with Gasteiger partial charge in [-0.1, -0.05) is 31.0 Å². The van der Waals surface area contributed by atoms with Crippen LogP contribution in [-0.2, 0) is 4.79 Å². The monoisotopic (exact) mass is 317 g/mol. The van der Waals surface area contributed by atoms with Gasteiger partial charge in [-0.25, -0.2) is 4.98 Å². The van der Waals surface area contributed by atoms with Gasteiger partial charge in [0.15, 0.2) is 0 Å². The summed E-state index contributed by atoms with van der Waals surface area (Å²) < 4.78 is 0. The number of aryl methyl sites for hydroxylation is 1. The Bertz CT molecular complexity index is 641. The van der Waals surface area contributed by atoms with Gasteiger partial charge in [0.2, 0.25) is 5.91 Å². The van der Waals surface area contributed by atoms with Gasteiger partial charge in [-0.05, 0) is 43.2 Å². The minimum Gasteiger partial charge on any atom is -0.354 e. The zero-order valence-electron chi connectivity index (χ0n) is 12.8. The molecule has 0 atom stereocenters. The number of unbranched alkanes of at least 4 members (excludes halogenated alkanes) is 1. The number of carbonyl (C=O) groups is 1. The van der Waals surface area contributed by atoms with E-state index in [1.165, 1.54) is 0 Å². The summed E-state index contributed by atoms with van der Waals surface area (Å²) in [5, 5.41) is 6.73. The van der Waals surface area contributed by atoms with E-state index in [4.69, 9.17) is 11.6 Å². The highest BCUT2D eigenvalue weighted by molar-refractivity contribution is 6.31. The van der Waals surface area contributed by atoms with Crippen LogP contribution in [-0.4, -0.2) is 10.9 Å². The number of rotatable bonds is 6. The Labute approximate surface area is 135 Å². The van der Waals surface area contributed by atoms with Crippen molar-refractivity contribution in [2.24, 2.45) is 0 Å². The maximum Gasteiger partial charge on any atom is 0.225 e. The standard InChI is InChI=1S/C17H20ClN3O/c1-3-4-5-17(22)21-16-9-8-14(11-19-16)20-13-7-6-12(2)15(18)10-13/h6-11,20H,3-5H2,1-2H3,(H,19,21,22). The molecule has 22 heavy (non-hydrogen) atoms. The van der Waals surface area contributed by atoms with Crippen molar-refractivity contribution in [3.05, 3.63) is 47.1 Å². The van der Waals surface area contributed by atoms with Crippen LogP contribution in [0.15, 0.2) is 36.5 Å². The third kappa shape index (κ3) is 4.74. The van der Waals surface area contributed by atoms with Gasteiger partial charge in [0, 0.05) is 17.1 Å². The van der Waals surface area contributed by atoms with Crippen molar-refractivity contribution in [1.82, 2.24) is 4.98 Å². The fourth-order valence-electron chi connectivity index (χ4n) is 1.92. The molecule has 2 rings (SSSR count). The Balaban J connectivity index is 1.96. The van der Waals surface area contributed by atoms with Crippen LogP contribution in [0.3, 0.4) is 0 Å². The quantitative estimate of drug-likeness (QED) is 0.795. The summed E-state index contributed by atoms with van der Waals surface area (Å²) in [4.78, 5) is 15.9. The molecule has 0 radical (unpaired) electrons. The van der Waals surface area contributed by atoms with Crippen LogP contribution in [0.4, 0.5) is 17.2 Å². The molecule has 5 heteroatoms. The third-order valence-corrected chi connectivity index (χ3v) is 3.66. The number of halogens is 1. The number of hydrogen-bond acceptors (Lipinski definition) is 3. The normalized spacial score (nSPS) is 10.3. The molecule has 2 N–H and O–H groups in total. The van der Waals surface area contributed by atoms with Gasteiger partial charge in [-0.3, -0.25) is 4.79 Å². The first-order valence-electron chi connectivity index (χ1n) is 7.37. The number of anilines is 3. The van der Waals surface area contributed by atoms with Crippen molar-refractivity contribution >= 4 is 34.7 Å². The fraction of sp³-hybridized carbons (Fsp3) is 0.294. The third-order valence-electron chi connectivity index (χ3n) is 3.25. The molecule has 0 unspecified atom stereocenters. The molecule has 0 bridgehead atoms. The number of carbonyl (C=O) groups excluding carboxylic acids is 1. The number of nitrogens with one attached hydrogen (secondary N) is 2.